The van der Waals surface area contributed by atoms with Gasteiger partial charge < -0.3 is 10.1 Å². The average Bonchev–Trinajstić information content (AvgIpc) is 2.95. The lowest BCUT2D eigenvalue weighted by atomic mass is 9.81. The summed E-state index contributed by atoms with van der Waals surface area (Å²) < 4.78 is 7.20. The van der Waals surface area contributed by atoms with Crippen LogP contribution < -0.4 is 5.32 Å². The molecule has 0 bridgehead atoms. The van der Waals surface area contributed by atoms with Crippen LogP contribution in [0.2, 0.25) is 0 Å². The minimum absolute atomic E-state index is 0.256. The molecule has 0 fully saturated rings. The number of imidazole rings is 1. The number of nitrogens with zero attached hydrogens (tertiary/aromatic N) is 2. The van der Waals surface area contributed by atoms with Crippen LogP contribution in [0.5, 0.6) is 0 Å². The smallest absolute Gasteiger partial charge is 0.193 e. The van der Waals surface area contributed by atoms with Gasteiger partial charge in [-0.1, -0.05) is 20.3 Å². The van der Waals surface area contributed by atoms with Crippen molar-refractivity contribution in [2.24, 2.45) is 5.41 Å². The molecule has 0 aromatic carbocycles. The summed E-state index contributed by atoms with van der Waals surface area (Å²) in [6.45, 7) is 7.29. The Balaban J connectivity index is 1.97. The third-order valence-corrected chi connectivity index (χ3v) is 4.41. The first-order chi connectivity index (χ1) is 9.67. The zero-order valence-electron chi connectivity index (χ0n) is 12.7. The van der Waals surface area contributed by atoms with E-state index in [1.54, 1.807) is 18.4 Å². The largest absolute Gasteiger partial charge is 0.383 e. The predicted octanol–water partition coefficient (Wildman–Crippen LogP) is 2.98. The molecule has 2 aromatic heterocycles. The van der Waals surface area contributed by atoms with Crippen LogP contribution in [0.25, 0.3) is 4.96 Å². The first-order valence-electron chi connectivity index (χ1n) is 7.27. The molecule has 0 saturated heterocycles. The highest BCUT2D eigenvalue weighted by Gasteiger charge is 2.24. The van der Waals surface area contributed by atoms with Crippen LogP contribution in [0.1, 0.15) is 32.4 Å². The molecule has 0 radical (unpaired) electrons. The lowest BCUT2D eigenvalue weighted by Gasteiger charge is -2.29. The Bertz CT molecular complexity index is 493. The summed E-state index contributed by atoms with van der Waals surface area (Å²) in [5.41, 5.74) is 1.45. The number of aromatic nitrogens is 2. The zero-order valence-corrected chi connectivity index (χ0v) is 13.5. The Morgan fingerprint density at radius 3 is 3.05 bits per heavy atom. The monoisotopic (exact) mass is 295 g/mol. The van der Waals surface area contributed by atoms with Gasteiger partial charge >= 0.3 is 0 Å². The normalized spacial score (nSPS) is 14.8. The van der Waals surface area contributed by atoms with Crippen molar-refractivity contribution in [1.29, 1.82) is 0 Å². The lowest BCUT2D eigenvalue weighted by molar-refractivity contribution is 0.189. The fraction of sp³-hybridized carbons (Fsp3) is 0.667. The second-order valence-corrected chi connectivity index (χ2v) is 6.61. The average molecular weight is 295 g/mol. The quantitative estimate of drug-likeness (QED) is 0.723. The third-order valence-electron chi connectivity index (χ3n) is 3.64. The summed E-state index contributed by atoms with van der Waals surface area (Å²) in [4.78, 5) is 5.80. The van der Waals surface area contributed by atoms with Crippen LogP contribution >= 0.6 is 11.3 Å². The van der Waals surface area contributed by atoms with Gasteiger partial charge in [-0.2, -0.15) is 0 Å². The molecule has 2 heterocycles. The van der Waals surface area contributed by atoms with Gasteiger partial charge in [0.1, 0.15) is 0 Å². The van der Waals surface area contributed by atoms with E-state index < -0.39 is 0 Å². The van der Waals surface area contributed by atoms with E-state index in [1.165, 1.54) is 18.5 Å². The summed E-state index contributed by atoms with van der Waals surface area (Å²) in [6.07, 6.45) is 7.66. The van der Waals surface area contributed by atoms with Gasteiger partial charge in [-0.3, -0.25) is 4.40 Å². The second kappa shape index (κ2) is 7.20. The number of methoxy groups -OCH3 is 1. The highest BCUT2D eigenvalue weighted by molar-refractivity contribution is 7.15. The zero-order chi connectivity index (χ0) is 14.4. The molecule has 5 heteroatoms. The molecule has 1 N–H and O–H groups in total. The Morgan fingerprint density at radius 2 is 2.35 bits per heavy atom. The van der Waals surface area contributed by atoms with Crippen molar-refractivity contribution in [1.82, 2.24) is 14.7 Å². The molecule has 1 unspecified atom stereocenters. The van der Waals surface area contributed by atoms with Crippen molar-refractivity contribution in [2.75, 3.05) is 26.8 Å². The highest BCUT2D eigenvalue weighted by Crippen LogP contribution is 2.28. The number of hydrogen-bond donors (Lipinski definition) is 1. The number of thiazole rings is 1. The molecular formula is C15H25N3OS. The van der Waals surface area contributed by atoms with Gasteiger partial charge in [0.15, 0.2) is 4.96 Å². The van der Waals surface area contributed by atoms with Crippen molar-refractivity contribution in [2.45, 2.75) is 33.1 Å². The Hall–Kier alpha value is -0.910. The van der Waals surface area contributed by atoms with E-state index in [-0.39, 0.29) is 5.41 Å². The topological polar surface area (TPSA) is 38.6 Å². The molecule has 2 aromatic rings. The van der Waals surface area contributed by atoms with Gasteiger partial charge in [-0.25, -0.2) is 4.98 Å². The van der Waals surface area contributed by atoms with Gasteiger partial charge in [-0.15, -0.1) is 11.3 Å². The van der Waals surface area contributed by atoms with Gasteiger partial charge in [0.25, 0.3) is 0 Å². The summed E-state index contributed by atoms with van der Waals surface area (Å²) in [7, 11) is 1.74. The Labute approximate surface area is 125 Å². The fourth-order valence-electron chi connectivity index (χ4n) is 2.71. The van der Waals surface area contributed by atoms with Crippen LogP contribution in [-0.2, 0) is 11.2 Å². The summed E-state index contributed by atoms with van der Waals surface area (Å²) in [5, 5.41) is 5.58. The van der Waals surface area contributed by atoms with E-state index in [0.29, 0.717) is 0 Å². The molecule has 0 aliphatic heterocycles. The number of ether oxygens (including phenoxy) is 1. The van der Waals surface area contributed by atoms with Crippen molar-refractivity contribution in [3.63, 3.8) is 0 Å². The molecule has 0 saturated carbocycles. The maximum atomic E-state index is 5.09. The van der Waals surface area contributed by atoms with Crippen LogP contribution in [0.15, 0.2) is 17.8 Å². The first kappa shape index (κ1) is 15.5. The van der Waals surface area contributed by atoms with E-state index in [4.69, 9.17) is 9.72 Å². The fourth-order valence-corrected chi connectivity index (χ4v) is 3.42. The summed E-state index contributed by atoms with van der Waals surface area (Å²) in [5.74, 6) is 0. The van der Waals surface area contributed by atoms with Crippen LogP contribution in [-0.4, -0.2) is 36.2 Å². The standard InChI is InChI=1S/C15H25N3OS/c1-4-5-15(2,12-16-6-8-19-3)10-13-11-18-7-9-20-14(18)17-13/h7,9,11,16H,4-6,8,10,12H2,1-3H3. The van der Waals surface area contributed by atoms with Gasteiger partial charge in [0.2, 0.25) is 0 Å². The summed E-state index contributed by atoms with van der Waals surface area (Å²) in [6, 6.07) is 0. The third kappa shape index (κ3) is 4.04. The molecule has 1 atom stereocenters. The highest BCUT2D eigenvalue weighted by atomic mass is 32.1. The summed E-state index contributed by atoms with van der Waals surface area (Å²) >= 11 is 1.69. The van der Waals surface area contributed by atoms with Crippen molar-refractivity contribution in [3.05, 3.63) is 23.5 Å². The lowest BCUT2D eigenvalue weighted by Crippen LogP contribution is -2.35. The van der Waals surface area contributed by atoms with Gasteiger partial charge in [-0.05, 0) is 18.3 Å². The molecule has 0 aliphatic rings. The molecule has 0 spiro atoms. The van der Waals surface area contributed by atoms with Crippen LogP contribution in [0.3, 0.4) is 0 Å². The minimum Gasteiger partial charge on any atom is -0.383 e. The second-order valence-electron chi connectivity index (χ2n) is 5.73. The first-order valence-corrected chi connectivity index (χ1v) is 8.15. The molecule has 2 rings (SSSR count). The van der Waals surface area contributed by atoms with Crippen molar-refractivity contribution >= 4 is 16.3 Å². The molecule has 4 nitrogen and oxygen atoms in total. The number of fused-ring (bicyclic) bond motifs is 1. The number of hydrogen-bond acceptors (Lipinski definition) is 4. The minimum atomic E-state index is 0.256. The maximum Gasteiger partial charge on any atom is 0.193 e. The Kier molecular flexibility index (Phi) is 5.57. The predicted molar refractivity (Wildman–Crippen MR) is 84.5 cm³/mol. The number of nitrogens with one attached hydrogen (secondary N) is 1. The molecule has 112 valence electrons. The van der Waals surface area contributed by atoms with E-state index in [1.807, 2.05) is 0 Å². The molecule has 0 amide bonds. The van der Waals surface area contributed by atoms with Gasteiger partial charge in [0.05, 0.1) is 12.3 Å². The van der Waals surface area contributed by atoms with Crippen molar-refractivity contribution < 1.29 is 4.74 Å². The number of rotatable bonds is 9. The molecule has 20 heavy (non-hydrogen) atoms. The van der Waals surface area contributed by atoms with Gasteiger partial charge in [0, 0.05) is 38.0 Å². The van der Waals surface area contributed by atoms with Crippen molar-refractivity contribution in [3.8, 4) is 0 Å². The van der Waals surface area contributed by atoms with E-state index in [9.17, 15) is 0 Å². The Morgan fingerprint density at radius 1 is 1.50 bits per heavy atom. The molecule has 0 aliphatic carbocycles. The van der Waals surface area contributed by atoms with E-state index in [0.717, 1.165) is 31.1 Å². The van der Waals surface area contributed by atoms with Crippen LogP contribution in [0.4, 0.5) is 0 Å². The maximum absolute atomic E-state index is 5.09. The van der Waals surface area contributed by atoms with E-state index in [2.05, 4.69) is 41.3 Å². The van der Waals surface area contributed by atoms with Crippen LogP contribution in [0, 0.1) is 5.41 Å². The molecular weight excluding hydrogens is 270 g/mol. The van der Waals surface area contributed by atoms with E-state index >= 15 is 0 Å². The SMILES string of the molecule is CCCC(C)(CNCCOC)Cc1cn2ccsc2n1.